The van der Waals surface area contributed by atoms with Crippen LogP contribution in [-0.2, 0) is 14.3 Å². The van der Waals surface area contributed by atoms with Gasteiger partial charge in [0.1, 0.15) is 11.9 Å². The van der Waals surface area contributed by atoms with E-state index in [0.717, 1.165) is 37.8 Å². The number of ether oxygens (including phenoxy) is 2. The average molecular weight is 536 g/mol. The topological polar surface area (TPSA) is 100 Å². The number of fused-ring (bicyclic) bond motifs is 1. The largest absolute Gasteiger partial charge is 0.490 e. The Morgan fingerprint density at radius 1 is 1.32 bits per heavy atom. The summed E-state index contributed by atoms with van der Waals surface area (Å²) in [6.07, 6.45) is 2.63. The molecule has 3 aliphatic heterocycles. The molecular weight excluding hydrogens is 493 g/mol. The van der Waals surface area contributed by atoms with Gasteiger partial charge in [0.15, 0.2) is 0 Å². The van der Waals surface area contributed by atoms with E-state index < -0.39 is 20.1 Å². The summed E-state index contributed by atoms with van der Waals surface area (Å²) in [6, 6.07) is 5.32. The molecule has 2 unspecified atom stereocenters. The highest BCUT2D eigenvalue weighted by atomic mass is 28.4. The third-order valence-corrected chi connectivity index (χ3v) is 10.6. The van der Waals surface area contributed by atoms with Gasteiger partial charge in [0.25, 0.3) is 0 Å². The van der Waals surface area contributed by atoms with Gasteiger partial charge < -0.3 is 34.2 Å². The lowest BCUT2D eigenvalue weighted by molar-refractivity contribution is -0.133. The van der Waals surface area contributed by atoms with Crippen molar-refractivity contribution in [3.05, 3.63) is 23.8 Å². The van der Waals surface area contributed by atoms with E-state index in [-0.39, 0.29) is 48.8 Å². The molecule has 0 aromatic heterocycles. The summed E-state index contributed by atoms with van der Waals surface area (Å²) >= 11 is 0. The van der Waals surface area contributed by atoms with Crippen molar-refractivity contribution in [2.75, 3.05) is 38.7 Å². The van der Waals surface area contributed by atoms with Crippen LogP contribution in [0.4, 0.5) is 9.80 Å². The van der Waals surface area contributed by atoms with Crippen LogP contribution in [0, 0.1) is 11.8 Å². The first kappa shape index (κ1) is 28.0. The lowest BCUT2D eigenvalue weighted by atomic mass is 9.86. The zero-order chi connectivity index (χ0) is 26.7. The van der Waals surface area contributed by atoms with E-state index in [4.69, 9.17) is 9.47 Å². The Kier molecular flexibility index (Phi) is 8.93. The molecule has 0 aliphatic carbocycles. The van der Waals surface area contributed by atoms with Crippen molar-refractivity contribution in [3.8, 4) is 5.75 Å². The van der Waals surface area contributed by atoms with Crippen molar-refractivity contribution in [1.29, 1.82) is 0 Å². The summed E-state index contributed by atoms with van der Waals surface area (Å²) in [5.74, 6) is 0.204. The molecule has 206 valence electrons. The van der Waals surface area contributed by atoms with Crippen LogP contribution in [-0.4, -0.2) is 75.7 Å². The number of carbonyl (C=O) groups is 2. The molecule has 2 amide bonds. The quantitative estimate of drug-likeness (QED) is 0.347. The van der Waals surface area contributed by atoms with Crippen molar-refractivity contribution in [2.24, 2.45) is 11.8 Å². The highest BCUT2D eigenvalue weighted by Gasteiger charge is 2.49. The number of benzene rings is 1. The van der Waals surface area contributed by atoms with Gasteiger partial charge in [-0.1, -0.05) is 6.92 Å². The molecule has 0 saturated carbocycles. The minimum Gasteiger partial charge on any atom is -0.490 e. The SMILES string of the molecule is CO[C@@H]1c2cc(NC(=O)C3CCCNC3)ccc2O[C@H](C(CC(=O)N2CCC[C@H]2CO)[Si](C)(C)F)[C@H]1C. The molecule has 3 N–H and O–H groups in total. The predicted octanol–water partition coefficient (Wildman–Crippen LogP) is 3.63. The predicted molar refractivity (Wildman–Crippen MR) is 143 cm³/mol. The van der Waals surface area contributed by atoms with Gasteiger partial charge in [-0.05, 0) is 63.5 Å². The summed E-state index contributed by atoms with van der Waals surface area (Å²) in [7, 11) is -1.71. The fourth-order valence-electron chi connectivity index (χ4n) is 6.18. The monoisotopic (exact) mass is 535 g/mol. The highest BCUT2D eigenvalue weighted by Crippen LogP contribution is 2.48. The number of methoxy groups -OCH3 is 1. The Labute approximate surface area is 220 Å². The van der Waals surface area contributed by atoms with E-state index in [1.165, 1.54) is 0 Å². The van der Waals surface area contributed by atoms with Crippen LogP contribution >= 0.6 is 0 Å². The van der Waals surface area contributed by atoms with Crippen LogP contribution < -0.4 is 15.4 Å². The number of piperidine rings is 1. The summed E-state index contributed by atoms with van der Waals surface area (Å²) in [5.41, 5.74) is 0.926. The third-order valence-electron chi connectivity index (χ3n) is 8.35. The second-order valence-electron chi connectivity index (χ2n) is 11.3. The molecule has 0 bridgehead atoms. The highest BCUT2D eigenvalue weighted by molar-refractivity contribution is 6.72. The summed E-state index contributed by atoms with van der Waals surface area (Å²) in [6.45, 7) is 7.39. The molecule has 8 nitrogen and oxygen atoms in total. The van der Waals surface area contributed by atoms with E-state index in [9.17, 15) is 14.7 Å². The Morgan fingerprint density at radius 2 is 2.11 bits per heavy atom. The number of hydrogen-bond acceptors (Lipinski definition) is 6. The first-order valence-corrected chi connectivity index (χ1v) is 16.5. The van der Waals surface area contributed by atoms with Crippen molar-refractivity contribution < 1.29 is 28.3 Å². The maximum absolute atomic E-state index is 15.8. The van der Waals surface area contributed by atoms with Crippen molar-refractivity contribution in [1.82, 2.24) is 10.2 Å². The molecule has 3 aliphatic rings. The van der Waals surface area contributed by atoms with Gasteiger partial charge in [0.2, 0.25) is 20.2 Å². The van der Waals surface area contributed by atoms with Gasteiger partial charge in [0, 0.05) is 49.3 Å². The van der Waals surface area contributed by atoms with Crippen LogP contribution in [0.2, 0.25) is 18.6 Å². The smallest absolute Gasteiger partial charge is 0.248 e. The number of nitrogens with zero attached hydrogens (tertiary/aromatic N) is 1. The number of rotatable bonds is 8. The molecular formula is C27H42FN3O5Si. The van der Waals surface area contributed by atoms with E-state index >= 15 is 4.11 Å². The van der Waals surface area contributed by atoms with E-state index in [2.05, 4.69) is 10.6 Å². The van der Waals surface area contributed by atoms with Crippen molar-refractivity contribution in [2.45, 2.75) is 75.9 Å². The van der Waals surface area contributed by atoms with E-state index in [1.807, 2.05) is 19.1 Å². The minimum absolute atomic E-state index is 0.00405. The lowest BCUT2D eigenvalue weighted by Gasteiger charge is -2.43. The maximum atomic E-state index is 15.8. The Hall–Kier alpha value is -2.01. The first-order chi connectivity index (χ1) is 17.6. The fourth-order valence-corrected chi connectivity index (χ4v) is 8.00. The van der Waals surface area contributed by atoms with Crippen molar-refractivity contribution >= 4 is 25.9 Å². The van der Waals surface area contributed by atoms with Gasteiger partial charge >= 0.3 is 0 Å². The summed E-state index contributed by atoms with van der Waals surface area (Å²) < 4.78 is 28.1. The van der Waals surface area contributed by atoms with Gasteiger partial charge in [-0.2, -0.15) is 0 Å². The van der Waals surface area contributed by atoms with E-state index in [0.29, 0.717) is 24.5 Å². The Balaban J connectivity index is 1.54. The number of anilines is 1. The number of likely N-dealkylation sites (tertiary alicyclic amines) is 1. The minimum atomic E-state index is -3.33. The van der Waals surface area contributed by atoms with Crippen LogP contribution in [0.1, 0.15) is 50.7 Å². The Morgan fingerprint density at radius 3 is 2.76 bits per heavy atom. The van der Waals surface area contributed by atoms with Crippen LogP contribution in [0.15, 0.2) is 18.2 Å². The van der Waals surface area contributed by atoms with Crippen LogP contribution in [0.25, 0.3) is 0 Å². The average Bonchev–Trinajstić information content (AvgIpc) is 3.36. The van der Waals surface area contributed by atoms with Gasteiger partial charge in [-0.3, -0.25) is 9.59 Å². The van der Waals surface area contributed by atoms with E-state index in [1.54, 1.807) is 31.2 Å². The number of carbonyl (C=O) groups excluding carboxylic acids is 2. The number of hydrogen-bond donors (Lipinski definition) is 3. The molecule has 1 aromatic rings. The van der Waals surface area contributed by atoms with Crippen LogP contribution in [0.3, 0.4) is 0 Å². The molecule has 2 fully saturated rings. The molecule has 1 aromatic carbocycles. The third kappa shape index (κ3) is 6.18. The van der Waals surface area contributed by atoms with Gasteiger partial charge in [0.05, 0.1) is 24.7 Å². The molecule has 3 heterocycles. The second kappa shape index (κ2) is 11.8. The number of amides is 2. The fraction of sp³-hybridized carbons (Fsp3) is 0.704. The number of aliphatic hydroxyl groups is 1. The normalized spacial score (nSPS) is 28.8. The molecule has 6 atom stereocenters. The number of nitrogens with one attached hydrogen (secondary N) is 2. The van der Waals surface area contributed by atoms with Crippen molar-refractivity contribution in [3.63, 3.8) is 0 Å². The van der Waals surface area contributed by atoms with Gasteiger partial charge in [-0.15, -0.1) is 0 Å². The molecule has 4 rings (SSSR count). The Bertz CT molecular complexity index is 968. The molecule has 0 radical (unpaired) electrons. The molecule has 10 heteroatoms. The number of aliphatic hydroxyl groups excluding tert-OH is 1. The number of halogens is 1. The van der Waals surface area contributed by atoms with Crippen LogP contribution in [0.5, 0.6) is 5.75 Å². The summed E-state index contributed by atoms with van der Waals surface area (Å²) in [4.78, 5) is 27.7. The standard InChI is InChI=1S/C27H42FN3O5Si/c1-17-25(35-2)21-13-19(30-27(34)18-7-5-11-29-15-18)9-10-22(21)36-26(17)23(37(3,4)28)14-24(33)31-12-6-8-20(31)16-32/h9-10,13,17-18,20,23,25-26,29,32H,5-8,11-12,14-16H2,1-4H3,(H,30,34)/t17-,18?,20-,23?,25-,26-/m0/s1. The second-order valence-corrected chi connectivity index (χ2v) is 15.2. The maximum Gasteiger partial charge on any atom is 0.248 e. The molecule has 37 heavy (non-hydrogen) atoms. The summed E-state index contributed by atoms with van der Waals surface area (Å²) in [5, 5.41) is 16.0. The molecule has 2 saturated heterocycles. The zero-order valence-corrected chi connectivity index (χ0v) is 23.5. The van der Waals surface area contributed by atoms with Gasteiger partial charge in [-0.25, -0.2) is 0 Å². The zero-order valence-electron chi connectivity index (χ0n) is 22.5. The first-order valence-electron chi connectivity index (χ1n) is 13.6. The lowest BCUT2D eigenvalue weighted by Crippen LogP contribution is -2.48. The molecule has 0 spiro atoms.